The first kappa shape index (κ1) is 16.2. The van der Waals surface area contributed by atoms with Crippen LogP contribution < -0.4 is 4.72 Å². The van der Waals surface area contributed by atoms with Gasteiger partial charge in [-0.15, -0.1) is 0 Å². The van der Waals surface area contributed by atoms with E-state index in [0.29, 0.717) is 19.5 Å². The minimum absolute atomic E-state index is 0.00705. The summed E-state index contributed by atoms with van der Waals surface area (Å²) in [6.07, 6.45) is 2.09. The van der Waals surface area contributed by atoms with Crippen LogP contribution in [0.15, 0.2) is 0 Å². The summed E-state index contributed by atoms with van der Waals surface area (Å²) >= 11 is 0. The number of nitrogens with one attached hydrogen (secondary N) is 1. The summed E-state index contributed by atoms with van der Waals surface area (Å²) in [5.74, 6) is 0.0742. The highest BCUT2D eigenvalue weighted by Gasteiger charge is 2.32. The molecule has 9 heteroatoms. The molecule has 2 rings (SSSR count). The van der Waals surface area contributed by atoms with Gasteiger partial charge in [0.2, 0.25) is 0 Å². The Labute approximate surface area is 120 Å². The van der Waals surface area contributed by atoms with E-state index in [1.165, 1.54) is 4.31 Å². The molecule has 7 nitrogen and oxygen atoms in total. The van der Waals surface area contributed by atoms with Crippen LogP contribution in [0.1, 0.15) is 19.3 Å². The Morgan fingerprint density at radius 2 is 2.00 bits per heavy atom. The van der Waals surface area contributed by atoms with Crippen LogP contribution in [0.2, 0.25) is 0 Å². The van der Waals surface area contributed by atoms with Gasteiger partial charge in [-0.1, -0.05) is 0 Å². The highest BCUT2D eigenvalue weighted by atomic mass is 32.2. The van der Waals surface area contributed by atoms with Crippen molar-refractivity contribution >= 4 is 20.0 Å². The maximum atomic E-state index is 12.1. The van der Waals surface area contributed by atoms with Gasteiger partial charge in [0.15, 0.2) is 9.84 Å². The molecule has 2 saturated heterocycles. The summed E-state index contributed by atoms with van der Waals surface area (Å²) in [6, 6.07) is 0. The standard InChI is InChI=1S/C11H22N2O5S2/c14-8-11-2-1-4-13(7-11)20(17,18)12-6-10-3-5-19(15,16)9-10/h10-12,14H,1-9H2. The Morgan fingerprint density at radius 1 is 1.25 bits per heavy atom. The molecule has 0 amide bonds. The van der Waals surface area contributed by atoms with E-state index >= 15 is 0 Å². The van der Waals surface area contributed by atoms with E-state index in [2.05, 4.69) is 4.72 Å². The van der Waals surface area contributed by atoms with E-state index in [9.17, 15) is 16.8 Å². The quantitative estimate of drug-likeness (QED) is 0.672. The van der Waals surface area contributed by atoms with Crippen molar-refractivity contribution in [3.63, 3.8) is 0 Å². The molecule has 2 N–H and O–H groups in total. The van der Waals surface area contributed by atoms with Gasteiger partial charge in [0.25, 0.3) is 10.2 Å². The molecular weight excluding hydrogens is 304 g/mol. The van der Waals surface area contributed by atoms with Crippen LogP contribution in [0, 0.1) is 11.8 Å². The van der Waals surface area contributed by atoms with Crippen molar-refractivity contribution in [2.75, 3.05) is 37.7 Å². The van der Waals surface area contributed by atoms with Crippen molar-refractivity contribution < 1.29 is 21.9 Å². The highest BCUT2D eigenvalue weighted by molar-refractivity contribution is 7.91. The maximum absolute atomic E-state index is 12.1. The van der Waals surface area contributed by atoms with Crippen molar-refractivity contribution in [2.24, 2.45) is 11.8 Å². The van der Waals surface area contributed by atoms with Crippen LogP contribution in [0.5, 0.6) is 0 Å². The van der Waals surface area contributed by atoms with Crippen LogP contribution in [-0.2, 0) is 20.0 Å². The average molecular weight is 326 g/mol. The fourth-order valence-corrected chi connectivity index (χ4v) is 6.01. The second-order valence-corrected chi connectivity index (χ2v) is 9.66. The lowest BCUT2D eigenvalue weighted by atomic mass is 10.0. The molecule has 0 aromatic rings. The normalized spacial score (nSPS) is 31.4. The molecule has 0 aromatic carbocycles. The second-order valence-electron chi connectivity index (χ2n) is 5.67. The third-order valence-corrected chi connectivity index (χ3v) is 7.34. The summed E-state index contributed by atoms with van der Waals surface area (Å²) in [5, 5.41) is 9.13. The summed E-state index contributed by atoms with van der Waals surface area (Å²) in [7, 11) is -6.56. The molecule has 0 radical (unpaired) electrons. The summed E-state index contributed by atoms with van der Waals surface area (Å²) in [5.41, 5.74) is 0. The Bertz CT molecular complexity index is 531. The van der Waals surface area contributed by atoms with E-state index in [1.807, 2.05) is 0 Å². The zero-order valence-electron chi connectivity index (χ0n) is 11.4. The molecule has 2 unspecified atom stereocenters. The van der Waals surface area contributed by atoms with Crippen LogP contribution in [0.3, 0.4) is 0 Å². The minimum Gasteiger partial charge on any atom is -0.396 e. The molecule has 118 valence electrons. The van der Waals surface area contributed by atoms with Gasteiger partial charge in [0.1, 0.15) is 0 Å². The minimum atomic E-state index is -3.57. The van der Waals surface area contributed by atoms with Gasteiger partial charge in [0.05, 0.1) is 11.5 Å². The van der Waals surface area contributed by atoms with Crippen LogP contribution in [0.4, 0.5) is 0 Å². The molecular formula is C11H22N2O5S2. The Balaban J connectivity index is 1.88. The largest absolute Gasteiger partial charge is 0.396 e. The molecule has 0 saturated carbocycles. The van der Waals surface area contributed by atoms with E-state index in [4.69, 9.17) is 5.11 Å². The topological polar surface area (TPSA) is 104 Å². The zero-order chi connectivity index (χ0) is 14.8. The maximum Gasteiger partial charge on any atom is 0.279 e. The van der Waals surface area contributed by atoms with Gasteiger partial charge in [0, 0.05) is 26.2 Å². The number of nitrogens with zero attached hydrogens (tertiary/aromatic N) is 1. The number of aliphatic hydroxyl groups is 1. The lowest BCUT2D eigenvalue weighted by Gasteiger charge is -2.31. The number of hydrogen-bond donors (Lipinski definition) is 2. The van der Waals surface area contributed by atoms with Crippen molar-refractivity contribution in [1.29, 1.82) is 0 Å². The van der Waals surface area contributed by atoms with E-state index < -0.39 is 20.0 Å². The number of rotatable bonds is 5. The third-order valence-electron chi connectivity index (χ3n) is 3.96. The molecule has 0 aromatic heterocycles. The fourth-order valence-electron chi connectivity index (χ4n) is 2.74. The van der Waals surface area contributed by atoms with Crippen LogP contribution in [-0.4, -0.2) is 64.0 Å². The van der Waals surface area contributed by atoms with Gasteiger partial charge in [-0.05, 0) is 31.1 Å². The van der Waals surface area contributed by atoms with Gasteiger partial charge >= 0.3 is 0 Å². The zero-order valence-corrected chi connectivity index (χ0v) is 13.0. The number of hydrogen-bond acceptors (Lipinski definition) is 5. The van der Waals surface area contributed by atoms with Crippen molar-refractivity contribution in [2.45, 2.75) is 19.3 Å². The lowest BCUT2D eigenvalue weighted by Crippen LogP contribution is -2.47. The molecule has 0 bridgehead atoms. The summed E-state index contributed by atoms with van der Waals surface area (Å²) in [6.45, 7) is 0.943. The second kappa shape index (κ2) is 6.27. The monoisotopic (exact) mass is 326 g/mol. The smallest absolute Gasteiger partial charge is 0.279 e. The third kappa shape index (κ3) is 4.14. The highest BCUT2D eigenvalue weighted by Crippen LogP contribution is 2.20. The van der Waals surface area contributed by atoms with Crippen molar-refractivity contribution in [3.05, 3.63) is 0 Å². The first-order valence-electron chi connectivity index (χ1n) is 6.88. The fraction of sp³-hybridized carbons (Fsp3) is 1.00. The van der Waals surface area contributed by atoms with Gasteiger partial charge < -0.3 is 5.11 Å². The van der Waals surface area contributed by atoms with Gasteiger partial charge in [-0.3, -0.25) is 0 Å². The Morgan fingerprint density at radius 3 is 2.60 bits per heavy atom. The van der Waals surface area contributed by atoms with Crippen molar-refractivity contribution in [3.8, 4) is 0 Å². The Hall–Kier alpha value is -0.220. The number of piperidine rings is 1. The van der Waals surface area contributed by atoms with Gasteiger partial charge in [-0.2, -0.15) is 12.7 Å². The molecule has 2 atom stereocenters. The molecule has 2 heterocycles. The number of aliphatic hydroxyl groups excluding tert-OH is 1. The Kier molecular flexibility index (Phi) is 5.06. The molecule has 2 fully saturated rings. The predicted octanol–water partition coefficient (Wildman–Crippen LogP) is -1.04. The molecule has 20 heavy (non-hydrogen) atoms. The van der Waals surface area contributed by atoms with Gasteiger partial charge in [-0.25, -0.2) is 13.1 Å². The van der Waals surface area contributed by atoms with E-state index in [-0.39, 0.29) is 36.5 Å². The molecule has 0 spiro atoms. The molecule has 0 aliphatic carbocycles. The van der Waals surface area contributed by atoms with Crippen LogP contribution >= 0.6 is 0 Å². The molecule has 2 aliphatic heterocycles. The summed E-state index contributed by atoms with van der Waals surface area (Å²) in [4.78, 5) is 0. The number of sulfone groups is 1. The SMILES string of the molecule is O=S1(=O)CCC(CNS(=O)(=O)N2CCCC(CO)C2)C1. The van der Waals surface area contributed by atoms with Crippen molar-refractivity contribution in [1.82, 2.24) is 9.03 Å². The summed E-state index contributed by atoms with van der Waals surface area (Å²) < 4.78 is 50.8. The van der Waals surface area contributed by atoms with E-state index in [0.717, 1.165) is 12.8 Å². The average Bonchev–Trinajstić information content (AvgIpc) is 2.76. The van der Waals surface area contributed by atoms with E-state index in [1.54, 1.807) is 0 Å². The predicted molar refractivity (Wildman–Crippen MR) is 75.1 cm³/mol. The first-order chi connectivity index (χ1) is 9.32. The van der Waals surface area contributed by atoms with Crippen LogP contribution in [0.25, 0.3) is 0 Å². The molecule has 2 aliphatic rings. The lowest BCUT2D eigenvalue weighted by molar-refractivity contribution is 0.164. The first-order valence-corrected chi connectivity index (χ1v) is 10.1.